The fourth-order valence-corrected chi connectivity index (χ4v) is 2.22. The van der Waals surface area contributed by atoms with Crippen molar-refractivity contribution in [1.29, 1.82) is 5.26 Å². The van der Waals surface area contributed by atoms with Crippen molar-refractivity contribution in [1.82, 2.24) is 4.98 Å². The molecule has 0 N–H and O–H groups in total. The van der Waals surface area contributed by atoms with Crippen molar-refractivity contribution in [3.05, 3.63) is 77.4 Å². The zero-order chi connectivity index (χ0) is 15.4. The summed E-state index contributed by atoms with van der Waals surface area (Å²) in [4.78, 5) is 4.05. The Morgan fingerprint density at radius 2 is 1.64 bits per heavy atom. The number of nitriles is 1. The Labute approximate surface area is 133 Å². The van der Waals surface area contributed by atoms with Crippen LogP contribution in [0.1, 0.15) is 5.56 Å². The maximum atomic E-state index is 8.79. The van der Waals surface area contributed by atoms with Crippen LogP contribution >= 0.6 is 11.6 Å². The second-order valence-corrected chi connectivity index (χ2v) is 5.02. The van der Waals surface area contributed by atoms with Gasteiger partial charge in [0.25, 0.3) is 0 Å². The number of hydrogen-bond acceptors (Lipinski definition) is 3. The highest BCUT2D eigenvalue weighted by atomic mass is 35.5. The average molecular weight is 307 g/mol. The largest absolute Gasteiger partial charge is 0.438 e. The van der Waals surface area contributed by atoms with Crippen LogP contribution < -0.4 is 4.74 Å². The number of ether oxygens (including phenoxy) is 1. The normalized spacial score (nSPS) is 10.0. The number of halogens is 1. The predicted octanol–water partition coefficient (Wildman–Crippen LogP) is 5.07. The lowest BCUT2D eigenvalue weighted by atomic mass is 10.1. The molecule has 0 saturated carbocycles. The molecule has 0 aliphatic heterocycles. The van der Waals surface area contributed by atoms with Gasteiger partial charge >= 0.3 is 0 Å². The van der Waals surface area contributed by atoms with E-state index in [9.17, 15) is 0 Å². The summed E-state index contributed by atoms with van der Waals surface area (Å²) in [5.41, 5.74) is 2.65. The molecule has 2 aromatic carbocycles. The summed E-state index contributed by atoms with van der Waals surface area (Å²) in [5.74, 6) is 0.923. The SMILES string of the molecule is N#Cc1cnc(Oc2ccc(-c3ccccc3)cc2)c(Cl)c1. The maximum absolute atomic E-state index is 8.79. The molecular weight excluding hydrogens is 296 g/mol. The van der Waals surface area contributed by atoms with Crippen LogP contribution in [0.5, 0.6) is 11.6 Å². The fraction of sp³-hybridized carbons (Fsp3) is 0. The summed E-state index contributed by atoms with van der Waals surface area (Å²) in [6.45, 7) is 0. The van der Waals surface area contributed by atoms with Crippen LogP contribution in [0.15, 0.2) is 66.9 Å². The van der Waals surface area contributed by atoms with Crippen LogP contribution in [0.4, 0.5) is 0 Å². The lowest BCUT2D eigenvalue weighted by molar-refractivity contribution is 0.463. The highest BCUT2D eigenvalue weighted by Gasteiger charge is 2.06. The average Bonchev–Trinajstić information content (AvgIpc) is 2.58. The first kappa shape index (κ1) is 14.1. The van der Waals surface area contributed by atoms with Crippen LogP contribution in [0.3, 0.4) is 0 Å². The van der Waals surface area contributed by atoms with E-state index in [1.165, 1.54) is 12.3 Å². The summed E-state index contributed by atoms with van der Waals surface area (Å²) in [7, 11) is 0. The van der Waals surface area contributed by atoms with Crippen molar-refractivity contribution in [2.75, 3.05) is 0 Å². The summed E-state index contributed by atoms with van der Waals surface area (Å²) in [5, 5.41) is 9.10. The standard InChI is InChI=1S/C18H11ClN2O/c19-17-10-13(11-20)12-21-18(17)22-16-8-6-15(7-9-16)14-4-2-1-3-5-14/h1-10,12H. The monoisotopic (exact) mass is 306 g/mol. The molecule has 0 fully saturated rings. The van der Waals surface area contributed by atoms with Crippen molar-refractivity contribution in [2.24, 2.45) is 0 Å². The number of hydrogen-bond donors (Lipinski definition) is 0. The quantitative estimate of drug-likeness (QED) is 0.679. The van der Waals surface area contributed by atoms with E-state index in [4.69, 9.17) is 21.6 Å². The van der Waals surface area contributed by atoms with E-state index < -0.39 is 0 Å². The Hall–Kier alpha value is -2.83. The molecule has 0 unspecified atom stereocenters. The van der Waals surface area contributed by atoms with E-state index >= 15 is 0 Å². The zero-order valence-corrected chi connectivity index (χ0v) is 12.3. The van der Waals surface area contributed by atoms with Gasteiger partial charge in [0.1, 0.15) is 16.8 Å². The van der Waals surface area contributed by atoms with Gasteiger partial charge in [0, 0.05) is 6.20 Å². The molecule has 0 saturated heterocycles. The van der Waals surface area contributed by atoms with Crippen molar-refractivity contribution < 1.29 is 4.74 Å². The van der Waals surface area contributed by atoms with Gasteiger partial charge in [-0.1, -0.05) is 54.1 Å². The van der Waals surface area contributed by atoms with Crippen molar-refractivity contribution >= 4 is 11.6 Å². The summed E-state index contributed by atoms with van der Waals surface area (Å²) >= 11 is 6.05. The molecule has 0 amide bonds. The minimum atomic E-state index is 0.285. The highest BCUT2D eigenvalue weighted by molar-refractivity contribution is 6.31. The van der Waals surface area contributed by atoms with Gasteiger partial charge < -0.3 is 4.74 Å². The minimum absolute atomic E-state index is 0.285. The second kappa shape index (κ2) is 6.30. The van der Waals surface area contributed by atoms with E-state index in [2.05, 4.69) is 17.1 Å². The van der Waals surface area contributed by atoms with Gasteiger partial charge in [0.15, 0.2) is 0 Å². The Balaban J connectivity index is 1.81. The van der Waals surface area contributed by atoms with Crippen molar-refractivity contribution in [3.8, 4) is 28.8 Å². The van der Waals surface area contributed by atoms with Crippen LogP contribution in [0, 0.1) is 11.3 Å². The molecule has 22 heavy (non-hydrogen) atoms. The van der Waals surface area contributed by atoms with Gasteiger partial charge in [-0.05, 0) is 29.3 Å². The molecule has 106 valence electrons. The first-order valence-electron chi connectivity index (χ1n) is 6.65. The molecule has 3 rings (SSSR count). The van der Waals surface area contributed by atoms with Crippen LogP contribution in [0.25, 0.3) is 11.1 Å². The number of rotatable bonds is 3. The Kier molecular flexibility index (Phi) is 4.04. The summed E-state index contributed by atoms with van der Waals surface area (Å²) in [6.07, 6.45) is 1.43. The molecule has 0 aliphatic carbocycles. The maximum Gasteiger partial charge on any atom is 0.238 e. The van der Waals surface area contributed by atoms with E-state index in [-0.39, 0.29) is 5.88 Å². The van der Waals surface area contributed by atoms with Gasteiger partial charge in [-0.2, -0.15) is 5.26 Å². The third-order valence-corrected chi connectivity index (χ3v) is 3.38. The van der Waals surface area contributed by atoms with E-state index in [1.807, 2.05) is 48.5 Å². The molecular formula is C18H11ClN2O. The van der Waals surface area contributed by atoms with Gasteiger partial charge in [0.05, 0.1) is 5.56 Å². The molecule has 1 heterocycles. The predicted molar refractivity (Wildman–Crippen MR) is 85.9 cm³/mol. The molecule has 4 heteroatoms. The summed E-state index contributed by atoms with van der Waals surface area (Å²) < 4.78 is 5.65. The van der Waals surface area contributed by atoms with Gasteiger partial charge in [-0.3, -0.25) is 0 Å². The smallest absolute Gasteiger partial charge is 0.238 e. The second-order valence-electron chi connectivity index (χ2n) is 4.62. The molecule has 1 aromatic heterocycles. The Morgan fingerprint density at radius 1 is 0.955 bits per heavy atom. The van der Waals surface area contributed by atoms with Crippen molar-refractivity contribution in [2.45, 2.75) is 0 Å². The summed E-state index contributed by atoms with van der Waals surface area (Å²) in [6, 6.07) is 21.3. The molecule has 0 atom stereocenters. The number of aromatic nitrogens is 1. The van der Waals surface area contributed by atoms with Crippen LogP contribution in [0.2, 0.25) is 5.02 Å². The molecule has 3 aromatic rings. The van der Waals surface area contributed by atoms with E-state index in [1.54, 1.807) is 0 Å². The number of nitrogens with zero attached hydrogens (tertiary/aromatic N) is 2. The lowest BCUT2D eigenvalue weighted by Crippen LogP contribution is -1.90. The highest BCUT2D eigenvalue weighted by Crippen LogP contribution is 2.29. The lowest BCUT2D eigenvalue weighted by Gasteiger charge is -2.07. The minimum Gasteiger partial charge on any atom is -0.438 e. The van der Waals surface area contributed by atoms with Crippen LogP contribution in [-0.2, 0) is 0 Å². The number of benzene rings is 2. The molecule has 3 nitrogen and oxygen atoms in total. The Bertz CT molecular complexity index is 824. The number of pyridine rings is 1. The first-order valence-corrected chi connectivity index (χ1v) is 7.03. The molecule has 0 bridgehead atoms. The topological polar surface area (TPSA) is 45.9 Å². The van der Waals surface area contributed by atoms with Crippen LogP contribution in [-0.4, -0.2) is 4.98 Å². The fourth-order valence-electron chi connectivity index (χ4n) is 2.02. The van der Waals surface area contributed by atoms with Gasteiger partial charge in [-0.15, -0.1) is 0 Å². The van der Waals surface area contributed by atoms with E-state index in [0.29, 0.717) is 16.3 Å². The molecule has 0 radical (unpaired) electrons. The zero-order valence-electron chi connectivity index (χ0n) is 11.5. The van der Waals surface area contributed by atoms with Gasteiger partial charge in [-0.25, -0.2) is 4.98 Å². The molecule has 0 spiro atoms. The van der Waals surface area contributed by atoms with Crippen molar-refractivity contribution in [3.63, 3.8) is 0 Å². The third-order valence-electron chi connectivity index (χ3n) is 3.11. The third kappa shape index (κ3) is 3.08. The first-order chi connectivity index (χ1) is 10.8. The van der Waals surface area contributed by atoms with Gasteiger partial charge in [0.2, 0.25) is 5.88 Å². The van der Waals surface area contributed by atoms with E-state index in [0.717, 1.165) is 11.1 Å². The molecule has 0 aliphatic rings. The Morgan fingerprint density at radius 3 is 2.27 bits per heavy atom.